The lowest BCUT2D eigenvalue weighted by atomic mass is 9.96. The van der Waals surface area contributed by atoms with Gasteiger partial charge < -0.3 is 29.0 Å². The number of fused-ring (bicyclic) bond motifs is 2. The summed E-state index contributed by atoms with van der Waals surface area (Å²) in [5.74, 6) is -0.420. The fraction of sp³-hybridized carbons (Fsp3) is 0.485. The van der Waals surface area contributed by atoms with Crippen molar-refractivity contribution in [2.24, 2.45) is 0 Å². The highest BCUT2D eigenvalue weighted by atomic mass is 19.1. The van der Waals surface area contributed by atoms with E-state index < -0.39 is 35.2 Å². The Morgan fingerprint density at radius 3 is 2.40 bits per heavy atom. The van der Waals surface area contributed by atoms with E-state index in [0.717, 1.165) is 0 Å². The molecule has 2 atom stereocenters. The number of hydrogen-bond acceptors (Lipinski definition) is 10. The molecule has 2 aliphatic rings. The SMILES string of the molecule is COC1COCC1NC(=O)Nc1cc2cc(-c3cnc4c(c3C)N(C(=O)OC(C)(C)C)CCO4)c(F)c(NC(=O)OC(C)(C)C)c2cn1. The molecule has 5 rings (SSSR count). The topological polar surface area (TPSA) is 162 Å². The fourth-order valence-electron chi connectivity index (χ4n) is 5.39. The second-order valence-electron chi connectivity index (χ2n) is 13.5. The van der Waals surface area contributed by atoms with Crippen molar-refractivity contribution >= 4 is 46.2 Å². The fourth-order valence-corrected chi connectivity index (χ4v) is 5.39. The number of rotatable bonds is 5. The maximum Gasteiger partial charge on any atom is 0.415 e. The molecule has 1 saturated heterocycles. The number of methoxy groups -OCH3 is 1. The molecule has 2 aliphatic heterocycles. The zero-order chi connectivity index (χ0) is 35.0. The number of aromatic nitrogens is 2. The van der Waals surface area contributed by atoms with Gasteiger partial charge in [-0.1, -0.05) is 0 Å². The number of urea groups is 1. The van der Waals surface area contributed by atoms with Gasteiger partial charge in [0, 0.05) is 36.0 Å². The Morgan fingerprint density at radius 2 is 1.71 bits per heavy atom. The summed E-state index contributed by atoms with van der Waals surface area (Å²) in [6.45, 7) is 13.1. The molecule has 48 heavy (non-hydrogen) atoms. The monoisotopic (exact) mass is 668 g/mol. The van der Waals surface area contributed by atoms with E-state index in [1.54, 1.807) is 60.6 Å². The first-order chi connectivity index (χ1) is 22.5. The average molecular weight is 669 g/mol. The van der Waals surface area contributed by atoms with E-state index in [1.807, 2.05) is 0 Å². The molecule has 15 heteroatoms. The van der Waals surface area contributed by atoms with Crippen molar-refractivity contribution < 1.29 is 42.5 Å². The number of amides is 4. The molecular weight excluding hydrogens is 627 g/mol. The zero-order valence-corrected chi connectivity index (χ0v) is 28.3. The first-order valence-corrected chi connectivity index (χ1v) is 15.5. The van der Waals surface area contributed by atoms with Crippen LogP contribution in [0.4, 0.5) is 36.0 Å². The molecule has 0 aliphatic carbocycles. The summed E-state index contributed by atoms with van der Waals surface area (Å²) >= 11 is 0. The molecule has 0 spiro atoms. The number of halogens is 1. The van der Waals surface area contributed by atoms with E-state index in [0.29, 0.717) is 35.4 Å². The molecule has 0 radical (unpaired) electrons. The van der Waals surface area contributed by atoms with Crippen LogP contribution in [0.1, 0.15) is 47.1 Å². The van der Waals surface area contributed by atoms with Gasteiger partial charge in [-0.2, -0.15) is 0 Å². The number of carbonyl (C=O) groups excluding carboxylic acids is 3. The highest BCUT2D eigenvalue weighted by Gasteiger charge is 2.33. The number of ether oxygens (including phenoxy) is 5. The van der Waals surface area contributed by atoms with E-state index in [-0.39, 0.29) is 53.6 Å². The van der Waals surface area contributed by atoms with Crippen LogP contribution >= 0.6 is 0 Å². The molecule has 2 unspecified atom stereocenters. The maximum absolute atomic E-state index is 16.6. The summed E-state index contributed by atoms with van der Waals surface area (Å²) in [6.07, 6.45) is 1.02. The lowest BCUT2D eigenvalue weighted by Crippen LogP contribution is -2.45. The molecule has 2 aromatic heterocycles. The molecule has 0 bridgehead atoms. The zero-order valence-electron chi connectivity index (χ0n) is 28.3. The highest BCUT2D eigenvalue weighted by Crippen LogP contribution is 2.42. The number of hydrogen-bond donors (Lipinski definition) is 3. The van der Waals surface area contributed by atoms with Crippen molar-refractivity contribution in [2.45, 2.75) is 71.8 Å². The van der Waals surface area contributed by atoms with E-state index in [4.69, 9.17) is 23.7 Å². The number of nitrogens with zero attached hydrogens (tertiary/aromatic N) is 3. The Balaban J connectivity index is 1.58. The third kappa shape index (κ3) is 7.68. The number of anilines is 3. The molecular formula is C33H41FN6O8. The summed E-state index contributed by atoms with van der Waals surface area (Å²) < 4.78 is 44.1. The van der Waals surface area contributed by atoms with Crippen LogP contribution in [0.5, 0.6) is 5.88 Å². The van der Waals surface area contributed by atoms with E-state index >= 15 is 4.39 Å². The van der Waals surface area contributed by atoms with Crippen LogP contribution in [-0.2, 0) is 18.9 Å². The third-order valence-corrected chi connectivity index (χ3v) is 7.48. The van der Waals surface area contributed by atoms with Gasteiger partial charge in [-0.3, -0.25) is 15.5 Å². The van der Waals surface area contributed by atoms with Gasteiger partial charge >= 0.3 is 18.2 Å². The van der Waals surface area contributed by atoms with Crippen molar-refractivity contribution in [3.8, 4) is 17.0 Å². The lowest BCUT2D eigenvalue weighted by Gasteiger charge is -2.32. The van der Waals surface area contributed by atoms with Gasteiger partial charge in [0.2, 0.25) is 5.88 Å². The molecule has 0 saturated carbocycles. The molecule has 4 amide bonds. The van der Waals surface area contributed by atoms with Crippen molar-refractivity contribution in [2.75, 3.05) is 49.0 Å². The first-order valence-electron chi connectivity index (χ1n) is 15.5. The smallest absolute Gasteiger partial charge is 0.415 e. The summed E-state index contributed by atoms with van der Waals surface area (Å²) in [7, 11) is 1.54. The summed E-state index contributed by atoms with van der Waals surface area (Å²) in [5.41, 5.74) is -0.581. The normalized spacial score (nSPS) is 17.7. The minimum absolute atomic E-state index is 0.0590. The summed E-state index contributed by atoms with van der Waals surface area (Å²) in [5, 5.41) is 8.72. The third-order valence-electron chi connectivity index (χ3n) is 7.48. The van der Waals surface area contributed by atoms with Gasteiger partial charge in [0.05, 0.1) is 31.5 Å². The Labute approximate surface area is 277 Å². The lowest BCUT2D eigenvalue weighted by molar-refractivity contribution is 0.0564. The van der Waals surface area contributed by atoms with Crippen LogP contribution in [0.15, 0.2) is 24.5 Å². The minimum Gasteiger partial charge on any atom is -0.474 e. The van der Waals surface area contributed by atoms with Gasteiger partial charge in [0.25, 0.3) is 0 Å². The van der Waals surface area contributed by atoms with E-state index in [1.165, 1.54) is 24.4 Å². The van der Waals surface area contributed by atoms with Crippen LogP contribution in [0, 0.1) is 12.7 Å². The van der Waals surface area contributed by atoms with Crippen molar-refractivity contribution in [3.63, 3.8) is 0 Å². The molecule has 1 fully saturated rings. The molecule has 4 heterocycles. The maximum atomic E-state index is 16.6. The van der Waals surface area contributed by atoms with Gasteiger partial charge in [-0.15, -0.1) is 0 Å². The van der Waals surface area contributed by atoms with Gasteiger partial charge in [-0.05, 0) is 71.5 Å². The Kier molecular flexibility index (Phi) is 9.65. The van der Waals surface area contributed by atoms with E-state index in [2.05, 4.69) is 25.9 Å². The second-order valence-corrected chi connectivity index (χ2v) is 13.5. The second kappa shape index (κ2) is 13.4. The predicted octanol–water partition coefficient (Wildman–Crippen LogP) is 5.76. The van der Waals surface area contributed by atoms with E-state index in [9.17, 15) is 14.4 Å². The Hall–Kier alpha value is -4.76. The Bertz CT molecular complexity index is 1740. The largest absolute Gasteiger partial charge is 0.474 e. The molecule has 14 nitrogen and oxygen atoms in total. The van der Waals surface area contributed by atoms with Gasteiger partial charge in [0.1, 0.15) is 35.4 Å². The number of nitrogens with one attached hydrogen (secondary N) is 3. The number of carbonyl (C=O) groups is 3. The molecule has 3 aromatic rings. The van der Waals surface area contributed by atoms with Gasteiger partial charge in [-0.25, -0.2) is 28.7 Å². The van der Waals surface area contributed by atoms with Crippen LogP contribution in [0.3, 0.4) is 0 Å². The molecule has 3 N–H and O–H groups in total. The quantitative estimate of drug-likeness (QED) is 0.305. The highest BCUT2D eigenvalue weighted by molar-refractivity contribution is 6.05. The number of pyridine rings is 2. The summed E-state index contributed by atoms with van der Waals surface area (Å²) in [6, 6.07) is 2.21. The average Bonchev–Trinajstić information content (AvgIpc) is 3.43. The van der Waals surface area contributed by atoms with Crippen LogP contribution in [-0.4, -0.2) is 85.0 Å². The molecule has 258 valence electrons. The first kappa shape index (κ1) is 34.6. The van der Waals surface area contributed by atoms with Crippen molar-refractivity contribution in [1.29, 1.82) is 0 Å². The minimum atomic E-state index is -0.877. The van der Waals surface area contributed by atoms with Crippen molar-refractivity contribution in [3.05, 3.63) is 35.9 Å². The van der Waals surface area contributed by atoms with Crippen LogP contribution in [0.25, 0.3) is 21.9 Å². The van der Waals surface area contributed by atoms with Gasteiger partial charge in [0.15, 0.2) is 5.82 Å². The summed E-state index contributed by atoms with van der Waals surface area (Å²) in [4.78, 5) is 49.1. The van der Waals surface area contributed by atoms with Crippen LogP contribution < -0.4 is 25.6 Å². The Morgan fingerprint density at radius 1 is 0.979 bits per heavy atom. The number of benzene rings is 1. The predicted molar refractivity (Wildman–Crippen MR) is 176 cm³/mol. The van der Waals surface area contributed by atoms with Crippen LogP contribution in [0.2, 0.25) is 0 Å². The molecule has 1 aromatic carbocycles. The van der Waals surface area contributed by atoms with Crippen molar-refractivity contribution in [1.82, 2.24) is 15.3 Å². The standard InChI is InChI=1S/C33H41FN6O8/c1-17-20(13-36-28-27(17)40(9-10-46-28)31(43)48-33(5,6)7)19-11-18-12-24(38-29(41)37-22-15-45-16-23(22)44-8)35-14-21(18)26(25(19)34)39-30(42)47-32(2,3)4/h11-14,22-23H,9-10,15-16H2,1-8H3,(H,39,42)(H2,35,37,38,41).